The summed E-state index contributed by atoms with van der Waals surface area (Å²) in [5.41, 5.74) is 0. The summed E-state index contributed by atoms with van der Waals surface area (Å²) < 4.78 is 39.5. The number of hydrogen-bond acceptors (Lipinski definition) is 3. The second-order valence-electron chi connectivity index (χ2n) is 3.90. The zero-order chi connectivity index (χ0) is 14.0. The van der Waals surface area contributed by atoms with Crippen molar-refractivity contribution in [2.24, 2.45) is 0 Å². The highest BCUT2D eigenvalue weighted by Crippen LogP contribution is 2.14. The highest BCUT2D eigenvalue weighted by molar-refractivity contribution is 5.73. The summed E-state index contributed by atoms with van der Waals surface area (Å²) in [6.45, 7) is 0.456. The van der Waals surface area contributed by atoms with Crippen LogP contribution in [0.2, 0.25) is 0 Å². The largest absolute Gasteiger partial charge is 0.411 e. The van der Waals surface area contributed by atoms with Crippen molar-refractivity contribution in [2.45, 2.75) is 12.6 Å². The Kier molecular flexibility index (Phi) is 8.47. The number of rotatable bonds is 8. The van der Waals surface area contributed by atoms with Crippen LogP contribution in [0.5, 0.6) is 0 Å². The highest BCUT2D eigenvalue weighted by Gasteiger charge is 2.27. The minimum Gasteiger partial charge on any atom is -0.372 e. The van der Waals surface area contributed by atoms with E-state index in [9.17, 15) is 18.0 Å². The molecule has 0 aliphatic rings. The fourth-order valence-corrected chi connectivity index (χ4v) is 1.03. The van der Waals surface area contributed by atoms with E-state index in [1.54, 1.807) is 14.1 Å². The third-order valence-corrected chi connectivity index (χ3v) is 1.89. The maximum absolute atomic E-state index is 11.7. The molecule has 2 N–H and O–H groups in total. The normalized spacial score (nSPS) is 11.4. The van der Waals surface area contributed by atoms with Gasteiger partial charge in [-0.05, 0) is 13.0 Å². The van der Waals surface area contributed by atoms with Crippen LogP contribution in [0.15, 0.2) is 0 Å². The topological polar surface area (TPSA) is 53.6 Å². The monoisotopic (exact) mass is 271 g/mol. The number of carbonyl (C=O) groups is 1. The third-order valence-electron chi connectivity index (χ3n) is 1.89. The van der Waals surface area contributed by atoms with Crippen molar-refractivity contribution in [2.75, 3.05) is 46.9 Å². The SMILES string of the molecule is CN(C)C(=O)NCCNCCCOCC(F)(F)F. The lowest BCUT2D eigenvalue weighted by Gasteiger charge is -2.12. The first-order valence-corrected chi connectivity index (χ1v) is 5.63. The Hall–Kier alpha value is -1.02. The molecule has 0 spiro atoms. The van der Waals surface area contributed by atoms with Gasteiger partial charge in [-0.1, -0.05) is 0 Å². The van der Waals surface area contributed by atoms with Gasteiger partial charge in [0.05, 0.1) is 0 Å². The standard InChI is InChI=1S/C10H20F3N3O2/c1-16(2)9(17)15-6-5-14-4-3-7-18-8-10(11,12)13/h14H,3-8H2,1-2H3,(H,15,17). The van der Waals surface area contributed by atoms with Gasteiger partial charge < -0.3 is 20.3 Å². The second kappa shape index (κ2) is 8.98. The van der Waals surface area contributed by atoms with Gasteiger partial charge in [-0.2, -0.15) is 13.2 Å². The Bertz CT molecular complexity index is 235. The first-order chi connectivity index (χ1) is 8.33. The molecule has 2 amide bonds. The maximum atomic E-state index is 11.7. The van der Waals surface area contributed by atoms with E-state index in [2.05, 4.69) is 15.4 Å². The van der Waals surface area contributed by atoms with Crippen LogP contribution in [-0.2, 0) is 4.74 Å². The molecule has 0 saturated carbocycles. The molecule has 0 fully saturated rings. The molecule has 0 aliphatic carbocycles. The number of hydrogen-bond donors (Lipinski definition) is 2. The van der Waals surface area contributed by atoms with Crippen molar-refractivity contribution < 1.29 is 22.7 Å². The molecule has 0 radical (unpaired) electrons. The van der Waals surface area contributed by atoms with Crippen LogP contribution in [0.1, 0.15) is 6.42 Å². The van der Waals surface area contributed by atoms with Crippen molar-refractivity contribution in [3.63, 3.8) is 0 Å². The number of amides is 2. The Morgan fingerprint density at radius 2 is 1.89 bits per heavy atom. The molecule has 0 bridgehead atoms. The summed E-state index contributed by atoms with van der Waals surface area (Å²) in [5.74, 6) is 0. The van der Waals surface area contributed by atoms with E-state index in [0.717, 1.165) is 0 Å². The summed E-state index contributed by atoms with van der Waals surface area (Å²) in [5, 5.41) is 5.63. The molecule has 0 aromatic carbocycles. The molecular weight excluding hydrogens is 251 g/mol. The number of carbonyl (C=O) groups excluding carboxylic acids is 1. The number of nitrogens with zero attached hydrogens (tertiary/aromatic N) is 1. The van der Waals surface area contributed by atoms with Crippen LogP contribution in [0.25, 0.3) is 0 Å². The van der Waals surface area contributed by atoms with Crippen LogP contribution >= 0.6 is 0 Å². The van der Waals surface area contributed by atoms with E-state index in [4.69, 9.17) is 0 Å². The Morgan fingerprint density at radius 3 is 2.44 bits per heavy atom. The van der Waals surface area contributed by atoms with Crippen molar-refractivity contribution in [1.82, 2.24) is 15.5 Å². The molecule has 5 nitrogen and oxygen atoms in total. The Morgan fingerprint density at radius 1 is 1.22 bits per heavy atom. The van der Waals surface area contributed by atoms with Crippen LogP contribution in [-0.4, -0.2) is 64.1 Å². The number of urea groups is 1. The Balaban J connectivity index is 3.20. The van der Waals surface area contributed by atoms with E-state index in [-0.39, 0.29) is 12.6 Å². The minimum atomic E-state index is -4.26. The van der Waals surface area contributed by atoms with E-state index >= 15 is 0 Å². The summed E-state index contributed by atoms with van der Waals surface area (Å²) in [6, 6.07) is -0.176. The predicted molar refractivity (Wildman–Crippen MR) is 61.4 cm³/mol. The summed E-state index contributed by atoms with van der Waals surface area (Å²) in [6.07, 6.45) is -3.76. The molecule has 8 heteroatoms. The molecule has 0 aliphatic heterocycles. The van der Waals surface area contributed by atoms with E-state index in [0.29, 0.717) is 26.1 Å². The summed E-state index contributed by atoms with van der Waals surface area (Å²) in [7, 11) is 3.28. The molecule has 0 atom stereocenters. The average Bonchev–Trinajstić information content (AvgIpc) is 2.24. The molecule has 0 aromatic rings. The van der Waals surface area contributed by atoms with Crippen LogP contribution < -0.4 is 10.6 Å². The van der Waals surface area contributed by atoms with Crippen molar-refractivity contribution in [3.8, 4) is 0 Å². The van der Waals surface area contributed by atoms with Gasteiger partial charge in [-0.3, -0.25) is 0 Å². The third kappa shape index (κ3) is 11.5. The van der Waals surface area contributed by atoms with E-state index in [1.165, 1.54) is 4.90 Å². The van der Waals surface area contributed by atoms with Gasteiger partial charge in [0.1, 0.15) is 6.61 Å². The van der Waals surface area contributed by atoms with Crippen LogP contribution in [0.3, 0.4) is 0 Å². The van der Waals surface area contributed by atoms with Gasteiger partial charge in [0, 0.05) is 33.8 Å². The number of nitrogens with one attached hydrogen (secondary N) is 2. The molecule has 0 aromatic heterocycles. The van der Waals surface area contributed by atoms with E-state index < -0.39 is 12.8 Å². The van der Waals surface area contributed by atoms with Gasteiger partial charge in [0.15, 0.2) is 0 Å². The molecule has 0 unspecified atom stereocenters. The summed E-state index contributed by atoms with van der Waals surface area (Å²) >= 11 is 0. The number of alkyl halides is 3. The molecule has 0 rings (SSSR count). The quantitative estimate of drug-likeness (QED) is 0.643. The van der Waals surface area contributed by atoms with Gasteiger partial charge in [0.25, 0.3) is 0 Å². The number of ether oxygens (including phenoxy) is 1. The molecular formula is C10H20F3N3O2. The molecule has 0 heterocycles. The van der Waals surface area contributed by atoms with Crippen LogP contribution in [0, 0.1) is 0 Å². The lowest BCUT2D eigenvalue weighted by atomic mass is 10.4. The lowest BCUT2D eigenvalue weighted by Crippen LogP contribution is -2.38. The fraction of sp³-hybridized carbons (Fsp3) is 0.900. The van der Waals surface area contributed by atoms with Gasteiger partial charge in [-0.25, -0.2) is 4.79 Å². The zero-order valence-corrected chi connectivity index (χ0v) is 10.6. The van der Waals surface area contributed by atoms with Gasteiger partial charge in [0.2, 0.25) is 0 Å². The van der Waals surface area contributed by atoms with Gasteiger partial charge >= 0.3 is 12.2 Å². The van der Waals surface area contributed by atoms with Crippen molar-refractivity contribution in [1.29, 1.82) is 0 Å². The number of halogens is 3. The lowest BCUT2D eigenvalue weighted by molar-refractivity contribution is -0.173. The smallest absolute Gasteiger partial charge is 0.372 e. The first-order valence-electron chi connectivity index (χ1n) is 5.63. The average molecular weight is 271 g/mol. The Labute approximate surface area is 105 Å². The van der Waals surface area contributed by atoms with Crippen molar-refractivity contribution >= 4 is 6.03 Å². The predicted octanol–water partition coefficient (Wildman–Crippen LogP) is 0.816. The molecule has 0 saturated heterocycles. The zero-order valence-electron chi connectivity index (χ0n) is 10.6. The van der Waals surface area contributed by atoms with Gasteiger partial charge in [-0.15, -0.1) is 0 Å². The van der Waals surface area contributed by atoms with Crippen molar-refractivity contribution in [3.05, 3.63) is 0 Å². The maximum Gasteiger partial charge on any atom is 0.411 e. The minimum absolute atomic E-state index is 0.0660. The highest BCUT2D eigenvalue weighted by atomic mass is 19.4. The summed E-state index contributed by atoms with van der Waals surface area (Å²) in [4.78, 5) is 12.5. The molecule has 18 heavy (non-hydrogen) atoms. The fourth-order valence-electron chi connectivity index (χ4n) is 1.03. The second-order valence-corrected chi connectivity index (χ2v) is 3.90. The molecule has 108 valence electrons. The van der Waals surface area contributed by atoms with E-state index in [1.807, 2.05) is 0 Å². The van der Waals surface area contributed by atoms with Crippen LogP contribution in [0.4, 0.5) is 18.0 Å². The first kappa shape index (κ1) is 17.0.